The van der Waals surface area contributed by atoms with Crippen molar-refractivity contribution < 1.29 is 4.39 Å². The summed E-state index contributed by atoms with van der Waals surface area (Å²) in [7, 11) is 0. The highest BCUT2D eigenvalue weighted by molar-refractivity contribution is 5.34. The molecule has 0 radical (unpaired) electrons. The van der Waals surface area contributed by atoms with Crippen LogP contribution in [0.15, 0.2) is 43.5 Å². The lowest BCUT2D eigenvalue weighted by Crippen LogP contribution is -2.36. The van der Waals surface area contributed by atoms with E-state index in [1.165, 1.54) is 5.69 Å². The molecule has 1 N–H and O–H groups in total. The first-order chi connectivity index (χ1) is 13.1. The molecule has 0 aliphatic carbocycles. The molecule has 1 aromatic carbocycles. The number of hydrogen-bond donors (Lipinski definition) is 1. The molecule has 0 saturated heterocycles. The van der Waals surface area contributed by atoms with Gasteiger partial charge >= 0.3 is 0 Å². The Balaban J connectivity index is 1.70. The van der Waals surface area contributed by atoms with Crippen LogP contribution in [0, 0.1) is 19.7 Å². The lowest BCUT2D eigenvalue weighted by molar-refractivity contribution is 0.199. The lowest BCUT2D eigenvalue weighted by Gasteiger charge is -2.35. The molecule has 4 rings (SSSR count). The topological polar surface area (TPSA) is 49.7 Å². The minimum Gasteiger partial charge on any atom is -0.348 e. The molecule has 27 heavy (non-hydrogen) atoms. The molecule has 1 aliphatic rings. The summed E-state index contributed by atoms with van der Waals surface area (Å²) < 4.78 is 16.3. The lowest BCUT2D eigenvalue weighted by atomic mass is 9.96. The summed E-state index contributed by atoms with van der Waals surface area (Å²) in [5, 5.41) is 4.44. The summed E-state index contributed by atoms with van der Waals surface area (Å²) in [6, 6.07) is 3.90. The van der Waals surface area contributed by atoms with Gasteiger partial charge in [-0.05, 0) is 30.5 Å². The molecule has 0 bridgehead atoms. The van der Waals surface area contributed by atoms with Crippen LogP contribution in [0.5, 0.6) is 0 Å². The molecule has 0 unspecified atom stereocenters. The Morgan fingerprint density at radius 1 is 1.37 bits per heavy atom. The van der Waals surface area contributed by atoms with E-state index < -0.39 is 0 Å². The third-order valence-corrected chi connectivity index (χ3v) is 5.37. The van der Waals surface area contributed by atoms with E-state index in [-0.39, 0.29) is 11.9 Å². The fourth-order valence-corrected chi connectivity index (χ4v) is 3.87. The van der Waals surface area contributed by atoms with Gasteiger partial charge in [0.1, 0.15) is 5.82 Å². The van der Waals surface area contributed by atoms with Gasteiger partial charge in [0, 0.05) is 37.0 Å². The second kappa shape index (κ2) is 7.12. The van der Waals surface area contributed by atoms with E-state index in [0.29, 0.717) is 18.7 Å². The van der Waals surface area contributed by atoms with Crippen LogP contribution in [-0.4, -0.2) is 31.2 Å². The van der Waals surface area contributed by atoms with Crippen LogP contribution < -0.4 is 0 Å². The number of imidazole rings is 1. The predicted octanol–water partition coefficient (Wildman–Crippen LogP) is 3.70. The SMILES string of the molecule is C=CCn1cc([C@H]2c3nc[nH]c3CCN2Cc2ccc(C)c(F)c2C)cn1. The predicted molar refractivity (Wildman–Crippen MR) is 103 cm³/mol. The highest BCUT2D eigenvalue weighted by Crippen LogP contribution is 2.34. The molecular formula is C21H24FN5. The molecule has 0 saturated carbocycles. The Morgan fingerprint density at radius 2 is 2.22 bits per heavy atom. The van der Waals surface area contributed by atoms with Crippen LogP contribution in [-0.2, 0) is 19.5 Å². The zero-order valence-corrected chi connectivity index (χ0v) is 15.7. The maximum atomic E-state index is 14.4. The zero-order valence-electron chi connectivity index (χ0n) is 15.7. The Labute approximate surface area is 158 Å². The van der Waals surface area contributed by atoms with E-state index >= 15 is 0 Å². The van der Waals surface area contributed by atoms with E-state index in [2.05, 4.69) is 26.5 Å². The van der Waals surface area contributed by atoms with E-state index in [9.17, 15) is 4.39 Å². The van der Waals surface area contributed by atoms with E-state index in [4.69, 9.17) is 0 Å². The highest BCUT2D eigenvalue weighted by Gasteiger charge is 2.32. The number of fused-ring (bicyclic) bond motifs is 1. The van der Waals surface area contributed by atoms with Crippen LogP contribution in [0.25, 0.3) is 0 Å². The van der Waals surface area contributed by atoms with E-state index in [1.807, 2.05) is 42.2 Å². The summed E-state index contributed by atoms with van der Waals surface area (Å²) in [6.07, 6.45) is 8.43. The van der Waals surface area contributed by atoms with Crippen molar-refractivity contribution in [1.29, 1.82) is 0 Å². The summed E-state index contributed by atoms with van der Waals surface area (Å²) in [4.78, 5) is 10.2. The number of hydrogen-bond acceptors (Lipinski definition) is 3. The van der Waals surface area contributed by atoms with Gasteiger partial charge in [0.05, 0.1) is 30.8 Å². The molecule has 1 aliphatic heterocycles. The van der Waals surface area contributed by atoms with E-state index in [1.54, 1.807) is 13.3 Å². The van der Waals surface area contributed by atoms with Crippen molar-refractivity contribution in [2.75, 3.05) is 6.54 Å². The minimum absolute atomic E-state index is 0.00216. The van der Waals surface area contributed by atoms with Crippen molar-refractivity contribution in [1.82, 2.24) is 24.6 Å². The average molecular weight is 365 g/mol. The first kappa shape index (κ1) is 17.7. The van der Waals surface area contributed by atoms with Crippen LogP contribution in [0.2, 0.25) is 0 Å². The minimum atomic E-state index is -0.111. The average Bonchev–Trinajstić information content (AvgIpc) is 3.31. The smallest absolute Gasteiger partial charge is 0.129 e. The molecule has 5 nitrogen and oxygen atoms in total. The number of halogens is 1. The largest absolute Gasteiger partial charge is 0.348 e. The van der Waals surface area contributed by atoms with Crippen LogP contribution in [0.1, 0.15) is 39.7 Å². The van der Waals surface area contributed by atoms with Gasteiger partial charge < -0.3 is 4.98 Å². The number of aryl methyl sites for hydroxylation is 1. The van der Waals surface area contributed by atoms with E-state index in [0.717, 1.165) is 35.3 Å². The standard InChI is InChI=1S/C21H24FN5/c1-4-8-27-12-17(10-25-27)21-20-18(23-13-24-20)7-9-26(21)11-16-6-5-14(2)19(22)15(16)3/h4-6,10,12-13,21H,1,7-9,11H2,2-3H3,(H,23,24)/t21-/m0/s1. The first-order valence-electron chi connectivity index (χ1n) is 9.22. The number of aromatic nitrogens is 4. The van der Waals surface area contributed by atoms with Gasteiger partial charge in [0.25, 0.3) is 0 Å². The third-order valence-electron chi connectivity index (χ3n) is 5.37. The van der Waals surface area contributed by atoms with Gasteiger partial charge in [-0.15, -0.1) is 6.58 Å². The maximum Gasteiger partial charge on any atom is 0.129 e. The quantitative estimate of drug-likeness (QED) is 0.702. The Hall–Kier alpha value is -2.73. The van der Waals surface area contributed by atoms with Crippen LogP contribution in [0.4, 0.5) is 4.39 Å². The second-order valence-electron chi connectivity index (χ2n) is 7.15. The van der Waals surface area contributed by atoms with Crippen LogP contribution in [0.3, 0.4) is 0 Å². The normalized spacial score (nSPS) is 17.1. The number of allylic oxidation sites excluding steroid dienone is 1. The van der Waals surface area contributed by atoms with Gasteiger partial charge in [-0.3, -0.25) is 9.58 Å². The van der Waals surface area contributed by atoms with Crippen molar-refractivity contribution in [2.24, 2.45) is 0 Å². The molecule has 6 heteroatoms. The number of H-pyrrole nitrogens is 1. The van der Waals surface area contributed by atoms with Crippen LogP contribution >= 0.6 is 0 Å². The molecule has 0 fully saturated rings. The van der Waals surface area contributed by atoms with Gasteiger partial charge in [-0.1, -0.05) is 18.2 Å². The maximum absolute atomic E-state index is 14.4. The third kappa shape index (κ3) is 3.21. The number of rotatable bonds is 5. The molecule has 0 spiro atoms. The Kier molecular flexibility index (Phi) is 4.66. The molecule has 3 heterocycles. The number of nitrogens with one attached hydrogen (secondary N) is 1. The number of benzene rings is 1. The van der Waals surface area contributed by atoms with Crippen molar-refractivity contribution in [3.05, 3.63) is 83.0 Å². The van der Waals surface area contributed by atoms with Crippen molar-refractivity contribution in [3.63, 3.8) is 0 Å². The summed E-state index contributed by atoms with van der Waals surface area (Å²) >= 11 is 0. The van der Waals surface area contributed by atoms with Crippen molar-refractivity contribution >= 4 is 0 Å². The summed E-state index contributed by atoms with van der Waals surface area (Å²) in [5.41, 5.74) is 5.72. The van der Waals surface area contributed by atoms with Gasteiger partial charge in [0.15, 0.2) is 0 Å². The van der Waals surface area contributed by atoms with Crippen molar-refractivity contribution in [2.45, 2.75) is 39.4 Å². The van der Waals surface area contributed by atoms with Gasteiger partial charge in [-0.25, -0.2) is 9.37 Å². The molecule has 0 amide bonds. The summed E-state index contributed by atoms with van der Waals surface area (Å²) in [6.45, 7) is 9.66. The molecule has 1 atom stereocenters. The monoisotopic (exact) mass is 365 g/mol. The fraction of sp³-hybridized carbons (Fsp3) is 0.333. The molecular weight excluding hydrogens is 341 g/mol. The van der Waals surface area contributed by atoms with Gasteiger partial charge in [-0.2, -0.15) is 5.10 Å². The molecule has 2 aromatic heterocycles. The van der Waals surface area contributed by atoms with Crippen molar-refractivity contribution in [3.8, 4) is 0 Å². The van der Waals surface area contributed by atoms with Gasteiger partial charge in [0.2, 0.25) is 0 Å². The summed E-state index contributed by atoms with van der Waals surface area (Å²) in [5.74, 6) is -0.111. The number of aromatic amines is 1. The highest BCUT2D eigenvalue weighted by atomic mass is 19.1. The molecule has 140 valence electrons. The Bertz CT molecular complexity index is 971. The zero-order chi connectivity index (χ0) is 19.0. The Morgan fingerprint density at radius 3 is 3.04 bits per heavy atom. The first-order valence-corrected chi connectivity index (χ1v) is 9.22. The number of nitrogens with zero attached hydrogens (tertiary/aromatic N) is 4. The fourth-order valence-electron chi connectivity index (χ4n) is 3.87. The second-order valence-corrected chi connectivity index (χ2v) is 7.15. The molecule has 3 aromatic rings.